The van der Waals surface area contributed by atoms with Crippen molar-refractivity contribution in [3.8, 4) is 11.5 Å². The van der Waals surface area contributed by atoms with E-state index in [4.69, 9.17) is 21.1 Å². The molecule has 1 N–H and O–H groups in total. The fourth-order valence-corrected chi connectivity index (χ4v) is 5.32. The smallest absolute Gasteiger partial charge is 0.264 e. The third-order valence-electron chi connectivity index (χ3n) is 5.93. The summed E-state index contributed by atoms with van der Waals surface area (Å²) in [5.41, 5.74) is 5.38. The molecule has 1 amide bonds. The van der Waals surface area contributed by atoms with Gasteiger partial charge >= 0.3 is 0 Å². The molecule has 0 spiro atoms. The molecule has 0 heterocycles. The highest BCUT2D eigenvalue weighted by Crippen LogP contribution is 2.26. The predicted molar refractivity (Wildman–Crippen MR) is 161 cm³/mol. The molecule has 0 saturated carbocycles. The maximum absolute atomic E-state index is 13.5. The van der Waals surface area contributed by atoms with Gasteiger partial charge in [0, 0.05) is 5.02 Å². The maximum atomic E-state index is 13.5. The molecule has 4 aromatic rings. The highest BCUT2D eigenvalue weighted by atomic mass is 35.5. The lowest BCUT2D eigenvalue weighted by atomic mass is 10.2. The number of sulfonamides is 1. The van der Waals surface area contributed by atoms with Gasteiger partial charge in [0.05, 0.1) is 23.4 Å². The topological polar surface area (TPSA) is 97.3 Å². The number of hydrazone groups is 1. The van der Waals surface area contributed by atoms with Gasteiger partial charge in [0.1, 0.15) is 24.7 Å². The zero-order valence-corrected chi connectivity index (χ0v) is 24.2. The highest BCUT2D eigenvalue weighted by molar-refractivity contribution is 7.92. The van der Waals surface area contributed by atoms with Crippen molar-refractivity contribution >= 4 is 39.4 Å². The van der Waals surface area contributed by atoms with Crippen LogP contribution in [0.15, 0.2) is 107 Å². The van der Waals surface area contributed by atoms with Gasteiger partial charge in [-0.25, -0.2) is 13.8 Å². The standard InChI is InChI=1S/C31H30ClN3O5S/c1-3-39-28-16-12-27(13-17-28)35(41(37,38)30-18-4-23(2)5-19-30)21-31(36)34-33-20-24-8-14-29(15-9-24)40-22-25-6-10-26(32)11-7-25/h4-20H,3,21-22H2,1-2H3,(H,34,36)/b33-20-. The molecule has 4 rings (SSSR count). The van der Waals surface area contributed by atoms with E-state index in [1.54, 1.807) is 60.7 Å². The molecule has 4 aromatic carbocycles. The number of halogens is 1. The minimum absolute atomic E-state index is 0.0756. The van der Waals surface area contributed by atoms with Gasteiger partial charge in [-0.15, -0.1) is 0 Å². The quantitative estimate of drug-likeness (QED) is 0.162. The van der Waals surface area contributed by atoms with E-state index in [1.165, 1.54) is 18.3 Å². The number of benzene rings is 4. The van der Waals surface area contributed by atoms with Crippen molar-refractivity contribution in [2.24, 2.45) is 5.10 Å². The predicted octanol–water partition coefficient (Wildman–Crippen LogP) is 5.97. The first-order valence-corrected chi connectivity index (χ1v) is 14.7. The van der Waals surface area contributed by atoms with Crippen molar-refractivity contribution in [1.82, 2.24) is 5.43 Å². The number of anilines is 1. The number of hydrogen-bond donors (Lipinski definition) is 1. The third kappa shape index (κ3) is 8.33. The summed E-state index contributed by atoms with van der Waals surface area (Å²) in [6.45, 7) is 4.13. The number of carbonyl (C=O) groups is 1. The average molecular weight is 592 g/mol. The Hall–Kier alpha value is -4.34. The molecule has 0 atom stereocenters. The van der Waals surface area contributed by atoms with Crippen LogP contribution in [0.2, 0.25) is 5.02 Å². The molecule has 0 unspecified atom stereocenters. The second-order valence-corrected chi connectivity index (χ2v) is 11.3. The van der Waals surface area contributed by atoms with Crippen molar-refractivity contribution in [3.63, 3.8) is 0 Å². The zero-order chi connectivity index (χ0) is 29.2. The van der Waals surface area contributed by atoms with Crippen LogP contribution in [0.3, 0.4) is 0 Å². The lowest BCUT2D eigenvalue weighted by Crippen LogP contribution is -2.39. The first-order valence-electron chi connectivity index (χ1n) is 12.9. The molecule has 0 aliphatic rings. The van der Waals surface area contributed by atoms with E-state index in [0.29, 0.717) is 35.4 Å². The maximum Gasteiger partial charge on any atom is 0.264 e. The Morgan fingerprint density at radius 2 is 1.49 bits per heavy atom. The largest absolute Gasteiger partial charge is 0.494 e. The van der Waals surface area contributed by atoms with E-state index in [1.807, 2.05) is 38.1 Å². The molecule has 8 nitrogen and oxygen atoms in total. The molecule has 41 heavy (non-hydrogen) atoms. The second kappa shape index (κ2) is 13.8. The van der Waals surface area contributed by atoms with E-state index in [9.17, 15) is 13.2 Å². The van der Waals surface area contributed by atoms with Gasteiger partial charge in [-0.3, -0.25) is 9.10 Å². The SMILES string of the molecule is CCOc1ccc(N(CC(=O)N/N=C\c2ccc(OCc3ccc(Cl)cc3)cc2)S(=O)(=O)c2ccc(C)cc2)cc1. The first kappa shape index (κ1) is 29.6. The number of hydrogen-bond acceptors (Lipinski definition) is 6. The van der Waals surface area contributed by atoms with E-state index in [2.05, 4.69) is 10.5 Å². The summed E-state index contributed by atoms with van der Waals surface area (Å²) in [6, 6.07) is 27.6. The number of nitrogens with zero attached hydrogens (tertiary/aromatic N) is 2. The van der Waals surface area contributed by atoms with Crippen molar-refractivity contribution in [2.75, 3.05) is 17.5 Å². The molecule has 0 saturated heterocycles. The normalized spacial score (nSPS) is 11.3. The van der Waals surface area contributed by atoms with E-state index in [-0.39, 0.29) is 4.90 Å². The molecule has 10 heteroatoms. The van der Waals surface area contributed by atoms with Crippen LogP contribution in [0.5, 0.6) is 11.5 Å². The average Bonchev–Trinajstić information content (AvgIpc) is 2.97. The van der Waals surface area contributed by atoms with Crippen LogP contribution in [-0.4, -0.2) is 33.7 Å². The Morgan fingerprint density at radius 1 is 0.878 bits per heavy atom. The molecule has 0 aromatic heterocycles. The molecule has 212 valence electrons. The molecule has 0 fully saturated rings. The lowest BCUT2D eigenvalue weighted by molar-refractivity contribution is -0.119. The van der Waals surface area contributed by atoms with Gasteiger partial charge in [-0.2, -0.15) is 5.10 Å². The van der Waals surface area contributed by atoms with Crippen LogP contribution in [0, 0.1) is 6.92 Å². The van der Waals surface area contributed by atoms with Gasteiger partial charge in [0.15, 0.2) is 0 Å². The van der Waals surface area contributed by atoms with Crippen LogP contribution in [0.25, 0.3) is 0 Å². The summed E-state index contributed by atoms with van der Waals surface area (Å²) in [7, 11) is -4.04. The summed E-state index contributed by atoms with van der Waals surface area (Å²) in [5.74, 6) is 0.668. The van der Waals surface area contributed by atoms with Crippen LogP contribution in [0.1, 0.15) is 23.6 Å². The van der Waals surface area contributed by atoms with Gasteiger partial charge in [-0.05, 0) is 97.8 Å². The Morgan fingerprint density at radius 3 is 2.12 bits per heavy atom. The third-order valence-corrected chi connectivity index (χ3v) is 7.97. The Bertz CT molecular complexity index is 1570. The minimum Gasteiger partial charge on any atom is -0.494 e. The van der Waals surface area contributed by atoms with Gasteiger partial charge in [0.25, 0.3) is 15.9 Å². The molecule has 0 aliphatic carbocycles. The van der Waals surface area contributed by atoms with Gasteiger partial charge in [-0.1, -0.05) is 41.4 Å². The Kier molecular flexibility index (Phi) is 10.00. The summed E-state index contributed by atoms with van der Waals surface area (Å²) >= 11 is 5.91. The molecule has 0 aliphatic heterocycles. The van der Waals surface area contributed by atoms with Crippen molar-refractivity contribution in [1.29, 1.82) is 0 Å². The van der Waals surface area contributed by atoms with Gasteiger partial charge in [0.2, 0.25) is 0 Å². The number of carbonyl (C=O) groups excluding carboxylic acids is 1. The van der Waals surface area contributed by atoms with E-state index in [0.717, 1.165) is 21.0 Å². The molecular weight excluding hydrogens is 562 g/mol. The first-order chi connectivity index (χ1) is 19.7. The number of rotatable bonds is 12. The van der Waals surface area contributed by atoms with Crippen molar-refractivity contribution in [3.05, 3.63) is 119 Å². The monoisotopic (exact) mass is 591 g/mol. The summed E-state index contributed by atoms with van der Waals surface area (Å²) in [4.78, 5) is 12.9. The molecular formula is C31H30ClN3O5S. The second-order valence-electron chi connectivity index (χ2n) is 9.03. The molecule has 0 radical (unpaired) electrons. The zero-order valence-electron chi connectivity index (χ0n) is 22.7. The molecule has 0 bridgehead atoms. The van der Waals surface area contributed by atoms with Crippen LogP contribution < -0.4 is 19.2 Å². The summed E-state index contributed by atoms with van der Waals surface area (Å²) < 4.78 is 39.4. The van der Waals surface area contributed by atoms with Gasteiger partial charge < -0.3 is 9.47 Å². The Balaban J connectivity index is 1.41. The van der Waals surface area contributed by atoms with Crippen LogP contribution >= 0.6 is 11.6 Å². The fraction of sp³-hybridized carbons (Fsp3) is 0.161. The lowest BCUT2D eigenvalue weighted by Gasteiger charge is -2.24. The summed E-state index contributed by atoms with van der Waals surface area (Å²) in [6.07, 6.45) is 1.47. The van der Waals surface area contributed by atoms with Crippen molar-refractivity contribution in [2.45, 2.75) is 25.3 Å². The minimum atomic E-state index is -4.04. The summed E-state index contributed by atoms with van der Waals surface area (Å²) in [5, 5.41) is 4.67. The van der Waals surface area contributed by atoms with Crippen LogP contribution in [-0.2, 0) is 21.4 Å². The number of ether oxygens (including phenoxy) is 2. The number of aryl methyl sites for hydroxylation is 1. The number of amides is 1. The Labute approximate surface area is 245 Å². The fourth-order valence-electron chi connectivity index (χ4n) is 3.77. The number of nitrogens with one attached hydrogen (secondary N) is 1. The van der Waals surface area contributed by atoms with E-state index >= 15 is 0 Å². The van der Waals surface area contributed by atoms with E-state index < -0.39 is 22.5 Å². The van der Waals surface area contributed by atoms with Crippen LogP contribution in [0.4, 0.5) is 5.69 Å². The highest BCUT2D eigenvalue weighted by Gasteiger charge is 2.27. The van der Waals surface area contributed by atoms with Crippen molar-refractivity contribution < 1.29 is 22.7 Å².